The van der Waals surface area contributed by atoms with E-state index in [0.29, 0.717) is 22.1 Å². The molecule has 5 nitrogen and oxygen atoms in total. The van der Waals surface area contributed by atoms with Gasteiger partial charge in [0.15, 0.2) is 5.01 Å². The molecule has 25 heavy (non-hydrogen) atoms. The third kappa shape index (κ3) is 3.75. The van der Waals surface area contributed by atoms with Crippen LogP contribution in [-0.2, 0) is 9.53 Å². The summed E-state index contributed by atoms with van der Waals surface area (Å²) >= 11 is 1.34. The number of para-hydroxylation sites is 1. The van der Waals surface area contributed by atoms with Crippen molar-refractivity contribution in [2.45, 2.75) is 6.92 Å². The summed E-state index contributed by atoms with van der Waals surface area (Å²) in [7, 11) is 1.35. The maximum absolute atomic E-state index is 12.0. The number of rotatable bonds is 5. The minimum Gasteiger partial charge on any atom is -0.465 e. The first-order valence-electron chi connectivity index (χ1n) is 7.63. The molecule has 0 aliphatic carbocycles. The van der Waals surface area contributed by atoms with Gasteiger partial charge in [0.05, 0.1) is 12.7 Å². The molecule has 0 fully saturated rings. The van der Waals surface area contributed by atoms with Crippen LogP contribution in [-0.4, -0.2) is 23.3 Å². The van der Waals surface area contributed by atoms with Crippen molar-refractivity contribution in [1.82, 2.24) is 10.2 Å². The maximum Gasteiger partial charge on any atom is 0.338 e. The molecule has 0 atom stereocenters. The Morgan fingerprint density at radius 1 is 1.04 bits per heavy atom. The Bertz CT molecular complexity index is 904. The SMILES string of the molecule is CC=C(C(=O)OC)c1ccccc1Oc1nnc(-c2ccccc2)s1. The lowest BCUT2D eigenvalue weighted by atomic mass is 10.0. The van der Waals surface area contributed by atoms with Crippen LogP contribution in [0.1, 0.15) is 12.5 Å². The van der Waals surface area contributed by atoms with E-state index in [-0.39, 0.29) is 0 Å². The van der Waals surface area contributed by atoms with Crippen molar-refractivity contribution in [2.24, 2.45) is 0 Å². The molecule has 126 valence electrons. The zero-order chi connectivity index (χ0) is 17.6. The maximum atomic E-state index is 12.0. The molecule has 3 rings (SSSR count). The molecule has 0 aliphatic rings. The Hall–Kier alpha value is -2.99. The predicted molar refractivity (Wildman–Crippen MR) is 97.5 cm³/mol. The van der Waals surface area contributed by atoms with Crippen LogP contribution in [0.3, 0.4) is 0 Å². The van der Waals surface area contributed by atoms with Gasteiger partial charge in [0.2, 0.25) is 0 Å². The van der Waals surface area contributed by atoms with E-state index in [1.807, 2.05) is 42.5 Å². The fraction of sp³-hybridized carbons (Fsp3) is 0.105. The molecule has 1 aromatic heterocycles. The first-order chi connectivity index (χ1) is 12.2. The predicted octanol–water partition coefficient (Wildman–Crippen LogP) is 4.57. The second-order valence-electron chi connectivity index (χ2n) is 5.03. The minimum atomic E-state index is -0.416. The van der Waals surface area contributed by atoms with Crippen LogP contribution in [0.4, 0.5) is 0 Å². The number of benzene rings is 2. The average molecular weight is 352 g/mol. The molecule has 6 heteroatoms. The fourth-order valence-electron chi connectivity index (χ4n) is 2.31. The Balaban J connectivity index is 1.90. The van der Waals surface area contributed by atoms with Crippen LogP contribution in [0.5, 0.6) is 10.9 Å². The third-order valence-electron chi connectivity index (χ3n) is 3.50. The molecule has 0 bridgehead atoms. The van der Waals surface area contributed by atoms with Gasteiger partial charge in [-0.05, 0) is 13.0 Å². The van der Waals surface area contributed by atoms with Crippen LogP contribution in [0.15, 0.2) is 60.7 Å². The molecule has 3 aromatic rings. The molecule has 0 saturated carbocycles. The van der Waals surface area contributed by atoms with Gasteiger partial charge in [-0.25, -0.2) is 4.79 Å². The highest BCUT2D eigenvalue weighted by molar-refractivity contribution is 7.16. The molecule has 0 aliphatic heterocycles. The lowest BCUT2D eigenvalue weighted by Crippen LogP contribution is -2.04. The van der Waals surface area contributed by atoms with E-state index >= 15 is 0 Å². The van der Waals surface area contributed by atoms with Crippen molar-refractivity contribution < 1.29 is 14.3 Å². The third-order valence-corrected chi connectivity index (χ3v) is 4.35. The van der Waals surface area contributed by atoms with Crippen LogP contribution in [0, 0.1) is 0 Å². The quantitative estimate of drug-likeness (QED) is 0.497. The first-order valence-corrected chi connectivity index (χ1v) is 8.45. The molecule has 0 unspecified atom stereocenters. The molecule has 0 spiro atoms. The van der Waals surface area contributed by atoms with Crippen molar-refractivity contribution in [3.8, 4) is 21.5 Å². The number of hydrogen-bond acceptors (Lipinski definition) is 6. The van der Waals surface area contributed by atoms with E-state index in [2.05, 4.69) is 10.2 Å². The molecular formula is C19H16N2O3S. The van der Waals surface area contributed by atoms with Crippen LogP contribution in [0.2, 0.25) is 0 Å². The molecule has 1 heterocycles. The normalized spacial score (nSPS) is 11.2. The molecule has 0 amide bonds. The lowest BCUT2D eigenvalue weighted by Gasteiger charge is -2.10. The topological polar surface area (TPSA) is 61.3 Å². The van der Waals surface area contributed by atoms with Crippen LogP contribution >= 0.6 is 11.3 Å². The molecule has 0 N–H and O–H groups in total. The number of carbonyl (C=O) groups excluding carboxylic acids is 1. The largest absolute Gasteiger partial charge is 0.465 e. The van der Waals surface area contributed by atoms with Crippen molar-refractivity contribution in [2.75, 3.05) is 7.11 Å². The van der Waals surface area contributed by atoms with Gasteiger partial charge in [-0.2, -0.15) is 0 Å². The Morgan fingerprint density at radius 3 is 2.48 bits per heavy atom. The molecule has 0 radical (unpaired) electrons. The Morgan fingerprint density at radius 2 is 1.76 bits per heavy atom. The van der Waals surface area contributed by atoms with E-state index in [1.165, 1.54) is 18.4 Å². The van der Waals surface area contributed by atoms with E-state index < -0.39 is 5.97 Å². The van der Waals surface area contributed by atoms with Crippen molar-refractivity contribution in [3.63, 3.8) is 0 Å². The van der Waals surface area contributed by atoms with E-state index in [4.69, 9.17) is 9.47 Å². The van der Waals surface area contributed by atoms with Gasteiger partial charge in [-0.3, -0.25) is 0 Å². The summed E-state index contributed by atoms with van der Waals surface area (Å²) in [6.07, 6.45) is 1.70. The highest BCUT2D eigenvalue weighted by Crippen LogP contribution is 2.34. The highest BCUT2D eigenvalue weighted by atomic mass is 32.1. The Kier molecular flexibility index (Phi) is 5.20. The fourth-order valence-corrected chi connectivity index (χ4v) is 3.03. The van der Waals surface area contributed by atoms with Crippen molar-refractivity contribution >= 4 is 22.9 Å². The second kappa shape index (κ2) is 7.72. The molecular weight excluding hydrogens is 336 g/mol. The standard InChI is InChI=1S/C19H16N2O3S/c1-3-14(18(22)23-2)15-11-7-8-12-16(15)24-19-21-20-17(25-19)13-9-5-4-6-10-13/h3-12H,1-2H3. The van der Waals surface area contributed by atoms with E-state index in [1.54, 1.807) is 25.1 Å². The summed E-state index contributed by atoms with van der Waals surface area (Å²) in [4.78, 5) is 12.0. The van der Waals surface area contributed by atoms with Gasteiger partial charge in [-0.15, -0.1) is 5.10 Å². The van der Waals surface area contributed by atoms with Gasteiger partial charge in [0.25, 0.3) is 5.19 Å². The zero-order valence-corrected chi connectivity index (χ0v) is 14.6. The van der Waals surface area contributed by atoms with Gasteiger partial charge in [-0.1, -0.05) is 71.0 Å². The summed E-state index contributed by atoms with van der Waals surface area (Å²) < 4.78 is 10.7. The number of ether oxygens (including phenoxy) is 2. The molecule has 0 saturated heterocycles. The number of allylic oxidation sites excluding steroid dienone is 1. The smallest absolute Gasteiger partial charge is 0.338 e. The van der Waals surface area contributed by atoms with Gasteiger partial charge in [0.1, 0.15) is 5.75 Å². The Labute approximate surface area is 149 Å². The lowest BCUT2D eigenvalue weighted by molar-refractivity contribution is -0.133. The van der Waals surface area contributed by atoms with E-state index in [0.717, 1.165) is 10.6 Å². The van der Waals surface area contributed by atoms with Gasteiger partial charge in [0, 0.05) is 11.1 Å². The number of carbonyl (C=O) groups is 1. The van der Waals surface area contributed by atoms with Crippen LogP contribution in [0.25, 0.3) is 16.1 Å². The summed E-state index contributed by atoms with van der Waals surface area (Å²) in [6, 6.07) is 17.0. The van der Waals surface area contributed by atoms with Crippen LogP contribution < -0.4 is 4.74 Å². The summed E-state index contributed by atoms with van der Waals surface area (Å²) in [5.74, 6) is 0.109. The zero-order valence-electron chi connectivity index (χ0n) is 13.8. The molecule has 2 aromatic carbocycles. The van der Waals surface area contributed by atoms with Gasteiger partial charge < -0.3 is 9.47 Å². The minimum absolute atomic E-state index is 0.409. The first kappa shape index (κ1) is 16.9. The number of hydrogen-bond donors (Lipinski definition) is 0. The number of nitrogens with zero attached hydrogens (tertiary/aromatic N) is 2. The highest BCUT2D eigenvalue weighted by Gasteiger charge is 2.17. The van der Waals surface area contributed by atoms with Gasteiger partial charge >= 0.3 is 5.97 Å². The number of methoxy groups -OCH3 is 1. The number of esters is 1. The average Bonchev–Trinajstić information content (AvgIpc) is 3.13. The van der Waals surface area contributed by atoms with E-state index in [9.17, 15) is 4.79 Å². The summed E-state index contributed by atoms with van der Waals surface area (Å²) in [5, 5.41) is 9.44. The summed E-state index contributed by atoms with van der Waals surface area (Å²) in [5.41, 5.74) is 2.06. The monoisotopic (exact) mass is 352 g/mol. The number of aromatic nitrogens is 2. The summed E-state index contributed by atoms with van der Waals surface area (Å²) in [6.45, 7) is 1.78. The second-order valence-corrected chi connectivity index (χ2v) is 5.97. The van der Waals surface area contributed by atoms with Crippen molar-refractivity contribution in [3.05, 3.63) is 66.2 Å². The van der Waals surface area contributed by atoms with Crippen molar-refractivity contribution in [1.29, 1.82) is 0 Å².